The fourth-order valence-electron chi connectivity index (χ4n) is 3.71. The second-order valence-electron chi connectivity index (χ2n) is 7.61. The van der Waals surface area contributed by atoms with Crippen LogP contribution in [-0.2, 0) is 6.18 Å². The molecule has 0 spiro atoms. The smallest absolute Gasteiger partial charge is 0.416 e. The van der Waals surface area contributed by atoms with Crippen LogP contribution in [-0.4, -0.2) is 11.3 Å². The van der Waals surface area contributed by atoms with E-state index in [9.17, 15) is 22.8 Å². The summed E-state index contributed by atoms with van der Waals surface area (Å²) in [6.45, 7) is 7.15. The highest BCUT2D eigenvalue weighted by Gasteiger charge is 2.33. The number of halogens is 3. The largest absolute Gasteiger partial charge is 0.455 e. The first-order valence-electron chi connectivity index (χ1n) is 11.1. The molecule has 1 N–H and O–H groups in total. The molecule has 1 unspecified atom stereocenters. The van der Waals surface area contributed by atoms with Crippen molar-refractivity contribution in [3.63, 3.8) is 0 Å². The number of carbonyl (C=O) groups excluding carboxylic acids is 1. The second kappa shape index (κ2) is 10.5. The molecule has 0 bridgehead atoms. The first kappa shape index (κ1) is 25.7. The number of rotatable bonds is 5. The quantitative estimate of drug-likeness (QED) is 0.305. The number of anilines is 1. The number of pyridine rings is 1. The lowest BCUT2D eigenvalue weighted by Gasteiger charge is -2.20. The van der Waals surface area contributed by atoms with Crippen LogP contribution in [0.2, 0.25) is 0 Å². The van der Waals surface area contributed by atoms with E-state index in [4.69, 9.17) is 4.42 Å². The molecule has 4 aromatic rings. The monoisotopic (exact) mass is 482 g/mol. The SMILES string of the molecule is CC.Cc1c(-c2ccccc2)oc2c(C(C)Nc3cccnc3C=O)cc(C(F)(F)F)cc2c1=O. The number of hydrogen-bond acceptors (Lipinski definition) is 5. The molecule has 0 aliphatic carbocycles. The first-order valence-corrected chi connectivity index (χ1v) is 11.1. The Morgan fingerprint density at radius 2 is 1.74 bits per heavy atom. The maximum Gasteiger partial charge on any atom is 0.416 e. The fourth-order valence-corrected chi connectivity index (χ4v) is 3.71. The molecule has 8 heteroatoms. The summed E-state index contributed by atoms with van der Waals surface area (Å²) in [7, 11) is 0. The van der Waals surface area contributed by atoms with Gasteiger partial charge in [0.15, 0.2) is 11.7 Å². The van der Waals surface area contributed by atoms with Gasteiger partial charge in [-0.05, 0) is 38.1 Å². The van der Waals surface area contributed by atoms with Gasteiger partial charge < -0.3 is 9.73 Å². The number of nitrogens with one attached hydrogen (secondary N) is 1. The van der Waals surface area contributed by atoms with Gasteiger partial charge in [0.05, 0.1) is 22.7 Å². The number of nitrogens with zero attached hydrogens (tertiary/aromatic N) is 1. The average molecular weight is 483 g/mol. The zero-order chi connectivity index (χ0) is 25.8. The van der Waals surface area contributed by atoms with Crippen molar-refractivity contribution in [1.29, 1.82) is 0 Å². The van der Waals surface area contributed by atoms with Gasteiger partial charge in [0.2, 0.25) is 0 Å². The van der Waals surface area contributed by atoms with Crippen molar-refractivity contribution in [3.05, 3.63) is 93.4 Å². The minimum atomic E-state index is -4.66. The summed E-state index contributed by atoms with van der Waals surface area (Å²) < 4.78 is 47.1. The Labute approximate surface area is 200 Å². The van der Waals surface area contributed by atoms with Crippen LogP contribution in [0.3, 0.4) is 0 Å². The predicted octanol–water partition coefficient (Wildman–Crippen LogP) is 7.19. The lowest BCUT2D eigenvalue weighted by molar-refractivity contribution is -0.137. The number of aldehydes is 1. The predicted molar refractivity (Wildman–Crippen MR) is 131 cm³/mol. The number of fused-ring (bicyclic) bond motifs is 1. The van der Waals surface area contributed by atoms with Crippen LogP contribution in [0.5, 0.6) is 0 Å². The highest BCUT2D eigenvalue weighted by Crippen LogP contribution is 2.37. The number of hydrogen-bond donors (Lipinski definition) is 1. The van der Waals surface area contributed by atoms with Crippen molar-refractivity contribution in [2.75, 3.05) is 5.32 Å². The Kier molecular flexibility index (Phi) is 7.74. The molecule has 2 aromatic heterocycles. The Morgan fingerprint density at radius 3 is 2.37 bits per heavy atom. The van der Waals surface area contributed by atoms with E-state index in [0.717, 1.165) is 12.1 Å². The van der Waals surface area contributed by atoms with Gasteiger partial charge in [0, 0.05) is 22.9 Å². The van der Waals surface area contributed by atoms with Crippen LogP contribution in [0.4, 0.5) is 18.9 Å². The van der Waals surface area contributed by atoms with E-state index in [1.807, 2.05) is 19.9 Å². The molecule has 0 radical (unpaired) electrons. The van der Waals surface area contributed by atoms with Gasteiger partial charge in [0.1, 0.15) is 17.0 Å². The molecule has 0 aliphatic rings. The van der Waals surface area contributed by atoms with Gasteiger partial charge in [-0.25, -0.2) is 0 Å². The minimum Gasteiger partial charge on any atom is -0.455 e. The van der Waals surface area contributed by atoms with Crippen LogP contribution >= 0.6 is 0 Å². The normalized spacial score (nSPS) is 12.0. The van der Waals surface area contributed by atoms with Crippen molar-refractivity contribution < 1.29 is 22.4 Å². The maximum atomic E-state index is 13.7. The summed E-state index contributed by atoms with van der Waals surface area (Å²) in [4.78, 5) is 28.4. The molecule has 182 valence electrons. The Hall–Kier alpha value is -3.94. The summed E-state index contributed by atoms with van der Waals surface area (Å²) in [5.41, 5.74) is 0.00489. The molecule has 2 aromatic carbocycles. The second-order valence-corrected chi connectivity index (χ2v) is 7.61. The molecule has 2 heterocycles. The van der Waals surface area contributed by atoms with E-state index in [0.29, 0.717) is 17.5 Å². The van der Waals surface area contributed by atoms with Crippen LogP contribution in [0.15, 0.2) is 70.0 Å². The Morgan fingerprint density at radius 1 is 1.06 bits per heavy atom. The molecule has 35 heavy (non-hydrogen) atoms. The van der Waals surface area contributed by atoms with Gasteiger partial charge in [-0.1, -0.05) is 44.2 Å². The van der Waals surface area contributed by atoms with E-state index in [-0.39, 0.29) is 33.6 Å². The third kappa shape index (κ3) is 5.26. The molecule has 4 rings (SSSR count). The van der Waals surface area contributed by atoms with Gasteiger partial charge in [-0.15, -0.1) is 0 Å². The van der Waals surface area contributed by atoms with Gasteiger partial charge in [0.25, 0.3) is 0 Å². The van der Waals surface area contributed by atoms with Crippen LogP contribution < -0.4 is 10.7 Å². The third-order valence-corrected chi connectivity index (χ3v) is 5.40. The molecular formula is C27H25F3N2O3. The van der Waals surface area contributed by atoms with Crippen molar-refractivity contribution in [3.8, 4) is 11.3 Å². The van der Waals surface area contributed by atoms with Crippen LogP contribution in [0.1, 0.15) is 54.0 Å². The number of aromatic nitrogens is 1. The standard InChI is InChI=1S/C25H19F3N2O3.C2H6/c1-14-22(32)19-12-17(25(26,27)28)11-18(15(2)30-20-9-6-10-29-21(20)13-31)24(19)33-23(14)16-7-4-3-5-8-16;1-2/h3-13,15,30H,1-2H3;1-2H3. The van der Waals surface area contributed by atoms with E-state index < -0.39 is 23.2 Å². The lowest BCUT2D eigenvalue weighted by atomic mass is 9.98. The van der Waals surface area contributed by atoms with Gasteiger partial charge in [-0.3, -0.25) is 14.6 Å². The van der Waals surface area contributed by atoms with E-state index >= 15 is 0 Å². The molecule has 5 nitrogen and oxygen atoms in total. The number of benzene rings is 2. The lowest BCUT2D eigenvalue weighted by Crippen LogP contribution is -2.15. The summed E-state index contributed by atoms with van der Waals surface area (Å²) in [5, 5.41) is 2.86. The zero-order valence-corrected chi connectivity index (χ0v) is 19.7. The Bertz CT molecular complexity index is 1400. The van der Waals surface area contributed by atoms with E-state index in [1.54, 1.807) is 43.3 Å². The van der Waals surface area contributed by atoms with Gasteiger partial charge >= 0.3 is 6.18 Å². The fraction of sp³-hybridized carbons (Fsp3) is 0.222. The highest BCUT2D eigenvalue weighted by molar-refractivity contribution is 5.85. The minimum absolute atomic E-state index is 0.0500. The average Bonchev–Trinajstić information content (AvgIpc) is 2.87. The first-order chi connectivity index (χ1) is 16.7. The summed E-state index contributed by atoms with van der Waals surface area (Å²) in [6, 6.07) is 13.1. The third-order valence-electron chi connectivity index (χ3n) is 5.40. The molecule has 0 fully saturated rings. The summed E-state index contributed by atoms with van der Waals surface area (Å²) in [6.07, 6.45) is -2.67. The van der Waals surface area contributed by atoms with Crippen molar-refractivity contribution in [2.24, 2.45) is 0 Å². The summed E-state index contributed by atoms with van der Waals surface area (Å²) >= 11 is 0. The van der Waals surface area contributed by atoms with E-state index in [2.05, 4.69) is 10.3 Å². The van der Waals surface area contributed by atoms with E-state index in [1.165, 1.54) is 13.1 Å². The highest BCUT2D eigenvalue weighted by atomic mass is 19.4. The van der Waals surface area contributed by atoms with Crippen LogP contribution in [0.25, 0.3) is 22.3 Å². The molecule has 0 aliphatic heterocycles. The van der Waals surface area contributed by atoms with Crippen LogP contribution in [0, 0.1) is 6.92 Å². The van der Waals surface area contributed by atoms with Crippen molar-refractivity contribution in [2.45, 2.75) is 39.9 Å². The number of alkyl halides is 3. The van der Waals surface area contributed by atoms with Crippen molar-refractivity contribution in [1.82, 2.24) is 4.98 Å². The summed E-state index contributed by atoms with van der Waals surface area (Å²) in [5.74, 6) is 0.288. The molecule has 0 saturated heterocycles. The molecule has 0 amide bonds. The molecular weight excluding hydrogens is 457 g/mol. The topological polar surface area (TPSA) is 72.2 Å². The van der Waals surface area contributed by atoms with Crippen molar-refractivity contribution >= 4 is 22.9 Å². The maximum absolute atomic E-state index is 13.7. The Balaban J connectivity index is 0.00000167. The number of carbonyl (C=O) groups is 1. The molecule has 1 atom stereocenters. The van der Waals surface area contributed by atoms with Gasteiger partial charge in [-0.2, -0.15) is 13.2 Å². The molecule has 0 saturated carbocycles. The zero-order valence-electron chi connectivity index (χ0n) is 19.7.